The van der Waals surface area contributed by atoms with Crippen molar-refractivity contribution >= 4 is 68.5 Å². The number of thioether (sulfide) groups is 2. The summed E-state index contributed by atoms with van der Waals surface area (Å²) in [6.07, 6.45) is 10.4. The maximum Gasteiger partial charge on any atom is 0.224 e. The van der Waals surface area contributed by atoms with Gasteiger partial charge in [-0.2, -0.15) is 23.5 Å². The Morgan fingerprint density at radius 3 is 1.53 bits per heavy atom. The Morgan fingerprint density at radius 2 is 1.07 bits per heavy atom. The van der Waals surface area contributed by atoms with E-state index in [1.165, 1.54) is 0 Å². The fourth-order valence-corrected chi connectivity index (χ4v) is 7.13. The fourth-order valence-electron chi connectivity index (χ4n) is 6.43. The molecule has 0 aliphatic heterocycles. The average Bonchev–Trinajstić information content (AvgIpc) is 3.94. The summed E-state index contributed by atoms with van der Waals surface area (Å²) in [6.45, 7) is 3.54. The van der Waals surface area contributed by atoms with Crippen LogP contribution in [-0.2, 0) is 9.59 Å². The van der Waals surface area contributed by atoms with Gasteiger partial charge < -0.3 is 21.3 Å². The number of hydrogen-bond acceptors (Lipinski definition) is 11. The van der Waals surface area contributed by atoms with Gasteiger partial charge in [-0.1, -0.05) is 46.8 Å². The Kier molecular flexibility index (Phi) is 14.1. The summed E-state index contributed by atoms with van der Waals surface area (Å²) in [4.78, 5) is 30.1. The van der Waals surface area contributed by atoms with E-state index in [4.69, 9.17) is 4.98 Å². The van der Waals surface area contributed by atoms with E-state index >= 15 is 0 Å². The van der Waals surface area contributed by atoms with Gasteiger partial charge in [-0.15, -0.1) is 10.2 Å². The molecule has 0 saturated carbocycles. The van der Waals surface area contributed by atoms with E-state index in [0.717, 1.165) is 106 Å². The van der Waals surface area contributed by atoms with Gasteiger partial charge in [-0.3, -0.25) is 9.59 Å². The minimum atomic E-state index is -0.0116. The highest BCUT2D eigenvalue weighted by molar-refractivity contribution is 7.98. The number of fused-ring (bicyclic) bond motifs is 2. The van der Waals surface area contributed by atoms with Crippen LogP contribution in [0.2, 0.25) is 0 Å². The number of pyridine rings is 1. The van der Waals surface area contributed by atoms with Crippen molar-refractivity contribution in [1.82, 2.24) is 45.6 Å². The molecule has 0 bridgehead atoms. The quantitative estimate of drug-likeness (QED) is 0.0455. The molecule has 298 valence electrons. The minimum absolute atomic E-state index is 0.0116. The maximum atomic E-state index is 12.6. The highest BCUT2D eigenvalue weighted by Crippen LogP contribution is 2.27. The lowest BCUT2D eigenvalue weighted by Crippen LogP contribution is -2.20. The summed E-state index contributed by atoms with van der Waals surface area (Å²) < 4.78 is 3.46. The Morgan fingerprint density at radius 1 is 0.586 bits per heavy atom. The third-order valence-electron chi connectivity index (χ3n) is 9.46. The standard InChI is InChI=1S/C43H47N11O2S2/c1-57-21-19-44-17-5-11-42(55)46-34-9-3-7-30(24-34)40-28-53(51-49-40)36-15-13-32-23-33-14-16-37(27-39(33)48-38(32)26-36)54-29-41(50-52-54)31-8-4-10-35(25-31)47-43(56)12-6-18-45-20-22-58-2/h3-4,7-10,13-16,23-29,44-45H,5-6,11-12,17-22H2,1-2H3,(H,46,55)(H,47,56). The van der Waals surface area contributed by atoms with Gasteiger partial charge >= 0.3 is 0 Å². The molecule has 13 nitrogen and oxygen atoms in total. The van der Waals surface area contributed by atoms with Crippen LogP contribution in [0.3, 0.4) is 0 Å². The van der Waals surface area contributed by atoms with Crippen LogP contribution in [-0.4, -0.2) is 97.0 Å². The number of carbonyl (C=O) groups is 2. The number of aromatic nitrogens is 7. The van der Waals surface area contributed by atoms with E-state index in [1.54, 1.807) is 32.9 Å². The summed E-state index contributed by atoms with van der Waals surface area (Å²) in [6, 6.07) is 29.5. The lowest BCUT2D eigenvalue weighted by atomic mass is 10.1. The fraction of sp³-hybridized carbons (Fsp3) is 0.279. The van der Waals surface area contributed by atoms with Crippen molar-refractivity contribution in [3.8, 4) is 33.9 Å². The second kappa shape index (κ2) is 20.2. The molecule has 0 atom stereocenters. The summed E-state index contributed by atoms with van der Waals surface area (Å²) >= 11 is 3.61. The van der Waals surface area contributed by atoms with Crippen molar-refractivity contribution in [3.05, 3.63) is 103 Å². The predicted molar refractivity (Wildman–Crippen MR) is 238 cm³/mol. The van der Waals surface area contributed by atoms with Crippen LogP contribution in [0.4, 0.5) is 11.4 Å². The monoisotopic (exact) mass is 813 g/mol. The first kappa shape index (κ1) is 40.6. The molecule has 7 rings (SSSR count). The summed E-state index contributed by atoms with van der Waals surface area (Å²) in [5, 5.41) is 32.5. The highest BCUT2D eigenvalue weighted by atomic mass is 32.2. The molecule has 4 aromatic carbocycles. The number of nitrogens with zero attached hydrogens (tertiary/aromatic N) is 7. The largest absolute Gasteiger partial charge is 0.326 e. The van der Waals surface area contributed by atoms with Gasteiger partial charge in [0, 0.05) is 70.7 Å². The zero-order chi connectivity index (χ0) is 40.1. The molecule has 0 unspecified atom stereocenters. The van der Waals surface area contributed by atoms with Gasteiger partial charge in [-0.05, 0) is 93.0 Å². The number of carbonyl (C=O) groups excluding carboxylic acids is 2. The lowest BCUT2D eigenvalue weighted by molar-refractivity contribution is -0.117. The van der Waals surface area contributed by atoms with E-state index in [9.17, 15) is 9.59 Å². The molecule has 0 spiro atoms. The third-order valence-corrected chi connectivity index (χ3v) is 10.7. The van der Waals surface area contributed by atoms with Crippen molar-refractivity contribution in [2.75, 3.05) is 60.8 Å². The first-order valence-electron chi connectivity index (χ1n) is 19.4. The molecule has 0 aliphatic rings. The van der Waals surface area contributed by atoms with Crippen LogP contribution in [0.15, 0.2) is 103 Å². The van der Waals surface area contributed by atoms with Crippen LogP contribution >= 0.6 is 23.5 Å². The average molecular weight is 814 g/mol. The van der Waals surface area contributed by atoms with Crippen molar-refractivity contribution < 1.29 is 9.59 Å². The highest BCUT2D eigenvalue weighted by Gasteiger charge is 2.12. The normalized spacial score (nSPS) is 11.3. The third kappa shape index (κ3) is 10.9. The van der Waals surface area contributed by atoms with E-state index in [0.29, 0.717) is 24.2 Å². The number of benzene rings is 4. The topological polar surface area (TPSA) is 157 Å². The summed E-state index contributed by atoms with van der Waals surface area (Å²) in [5.74, 6) is 2.10. The Hall–Kier alpha value is -5.61. The zero-order valence-corrected chi connectivity index (χ0v) is 34.3. The van der Waals surface area contributed by atoms with Gasteiger partial charge in [-0.25, -0.2) is 14.3 Å². The predicted octanol–water partition coefficient (Wildman–Crippen LogP) is 7.23. The summed E-state index contributed by atoms with van der Waals surface area (Å²) in [7, 11) is 0. The molecule has 15 heteroatoms. The van der Waals surface area contributed by atoms with E-state index in [2.05, 4.69) is 60.5 Å². The van der Waals surface area contributed by atoms with Crippen LogP contribution in [0.1, 0.15) is 25.7 Å². The van der Waals surface area contributed by atoms with Gasteiger partial charge in [0.05, 0.1) is 34.8 Å². The Bertz CT molecular complexity index is 2320. The molecule has 0 saturated heterocycles. The summed E-state index contributed by atoms with van der Waals surface area (Å²) in [5.41, 5.74) is 7.81. The second-order valence-corrected chi connectivity index (χ2v) is 15.8. The van der Waals surface area contributed by atoms with Crippen LogP contribution in [0.25, 0.3) is 55.7 Å². The molecule has 3 aromatic heterocycles. The molecule has 4 N–H and O–H groups in total. The van der Waals surface area contributed by atoms with Crippen molar-refractivity contribution in [2.24, 2.45) is 0 Å². The first-order valence-corrected chi connectivity index (χ1v) is 22.1. The van der Waals surface area contributed by atoms with Crippen LogP contribution in [0, 0.1) is 0 Å². The smallest absolute Gasteiger partial charge is 0.224 e. The Labute approximate surface area is 346 Å². The molecule has 0 radical (unpaired) electrons. The second-order valence-electron chi connectivity index (χ2n) is 13.8. The van der Waals surface area contributed by atoms with Gasteiger partial charge in [0.2, 0.25) is 11.8 Å². The SMILES string of the molecule is CSCCNCCCC(=O)Nc1cccc(-c2cn(-c3ccc4cc5ccc(-n6cc(-c7cccc(NC(=O)CCCNCCSC)c7)nn6)cc5nc4c3)nn2)c1. The van der Waals surface area contributed by atoms with Crippen molar-refractivity contribution in [1.29, 1.82) is 0 Å². The number of anilines is 2. The van der Waals surface area contributed by atoms with E-state index in [-0.39, 0.29) is 11.8 Å². The molecule has 3 heterocycles. The van der Waals surface area contributed by atoms with Crippen molar-refractivity contribution in [3.63, 3.8) is 0 Å². The van der Waals surface area contributed by atoms with E-state index < -0.39 is 0 Å². The van der Waals surface area contributed by atoms with Gasteiger partial charge in [0.15, 0.2) is 0 Å². The van der Waals surface area contributed by atoms with Crippen molar-refractivity contribution in [2.45, 2.75) is 25.7 Å². The molecular weight excluding hydrogens is 767 g/mol. The minimum Gasteiger partial charge on any atom is -0.326 e. The molecular formula is C43H47N11O2S2. The lowest BCUT2D eigenvalue weighted by Gasteiger charge is -2.07. The van der Waals surface area contributed by atoms with Gasteiger partial charge in [0.1, 0.15) is 11.4 Å². The Balaban J connectivity index is 1.01. The number of rotatable bonds is 20. The molecule has 58 heavy (non-hydrogen) atoms. The van der Waals surface area contributed by atoms with Gasteiger partial charge in [0.25, 0.3) is 0 Å². The maximum absolute atomic E-state index is 12.6. The molecule has 2 amide bonds. The molecule has 0 aliphatic carbocycles. The molecule has 7 aromatic rings. The number of hydrogen-bond donors (Lipinski definition) is 4. The van der Waals surface area contributed by atoms with Crippen LogP contribution in [0.5, 0.6) is 0 Å². The number of nitrogens with one attached hydrogen (secondary N) is 4. The first-order chi connectivity index (χ1) is 28.4. The number of amides is 2. The zero-order valence-electron chi connectivity index (χ0n) is 32.6. The molecule has 0 fully saturated rings. The van der Waals surface area contributed by atoms with Crippen LogP contribution < -0.4 is 21.3 Å². The van der Waals surface area contributed by atoms with E-state index in [1.807, 2.05) is 97.3 Å².